The van der Waals surface area contributed by atoms with Gasteiger partial charge in [0.2, 0.25) is 6.41 Å². The first-order valence-electron chi connectivity index (χ1n) is 4.08. The number of anilines is 1. The lowest BCUT2D eigenvalue weighted by Gasteiger charge is -2.08. The lowest BCUT2D eigenvalue weighted by Crippen LogP contribution is -1.99. The van der Waals surface area contributed by atoms with Crippen LogP contribution in [-0.2, 0) is 11.2 Å². The van der Waals surface area contributed by atoms with Gasteiger partial charge in [0, 0.05) is 5.69 Å². The van der Waals surface area contributed by atoms with E-state index in [1.165, 1.54) is 11.1 Å². The first-order chi connectivity index (χ1) is 5.79. The highest BCUT2D eigenvalue weighted by Crippen LogP contribution is 2.18. The molecule has 2 nitrogen and oxygen atoms in total. The fourth-order valence-electron chi connectivity index (χ4n) is 1.37. The van der Waals surface area contributed by atoms with Crippen LogP contribution in [0.3, 0.4) is 0 Å². The van der Waals surface area contributed by atoms with E-state index in [0.717, 1.165) is 12.1 Å². The number of nitrogens with one attached hydrogen (secondary N) is 1. The van der Waals surface area contributed by atoms with Crippen LogP contribution in [0.2, 0.25) is 0 Å². The summed E-state index contributed by atoms with van der Waals surface area (Å²) in [5, 5.41) is 2.69. The van der Waals surface area contributed by atoms with Gasteiger partial charge in [-0.15, -0.1) is 0 Å². The van der Waals surface area contributed by atoms with Crippen LogP contribution in [0.25, 0.3) is 0 Å². The van der Waals surface area contributed by atoms with E-state index >= 15 is 0 Å². The summed E-state index contributed by atoms with van der Waals surface area (Å²) in [6, 6.07) is 5.91. The van der Waals surface area contributed by atoms with Crippen molar-refractivity contribution in [1.82, 2.24) is 0 Å². The van der Waals surface area contributed by atoms with Crippen molar-refractivity contribution in [2.45, 2.75) is 20.3 Å². The predicted octanol–water partition coefficient (Wildman–Crippen LogP) is 2.13. The Hall–Kier alpha value is -1.31. The lowest BCUT2D eigenvalue weighted by atomic mass is 10.0. The molecule has 64 valence electrons. The number of carbonyl (C=O) groups excluding carboxylic acids is 1. The summed E-state index contributed by atoms with van der Waals surface area (Å²) in [6.45, 7) is 4.13. The number of rotatable bonds is 3. The molecule has 0 aliphatic heterocycles. The number of carbonyl (C=O) groups is 1. The minimum absolute atomic E-state index is 0.716. The van der Waals surface area contributed by atoms with Gasteiger partial charge in [0.1, 0.15) is 0 Å². The molecular formula is C10H13NO. The average Bonchev–Trinajstić information content (AvgIpc) is 2.05. The van der Waals surface area contributed by atoms with E-state index in [2.05, 4.69) is 25.2 Å². The van der Waals surface area contributed by atoms with Gasteiger partial charge in [-0.3, -0.25) is 4.79 Å². The fraction of sp³-hybridized carbons (Fsp3) is 0.300. The zero-order valence-electron chi connectivity index (χ0n) is 7.42. The van der Waals surface area contributed by atoms with Gasteiger partial charge < -0.3 is 5.32 Å². The zero-order chi connectivity index (χ0) is 8.97. The van der Waals surface area contributed by atoms with Gasteiger partial charge in [0.05, 0.1) is 0 Å². The van der Waals surface area contributed by atoms with Crippen LogP contribution in [0.1, 0.15) is 18.1 Å². The molecule has 1 amide bonds. The lowest BCUT2D eigenvalue weighted by molar-refractivity contribution is -0.105. The molecule has 1 aromatic carbocycles. The maximum Gasteiger partial charge on any atom is 0.211 e. The molecule has 1 aromatic rings. The monoisotopic (exact) mass is 163 g/mol. The van der Waals surface area contributed by atoms with Gasteiger partial charge in [0.15, 0.2) is 0 Å². The van der Waals surface area contributed by atoms with Crippen molar-refractivity contribution in [2.24, 2.45) is 0 Å². The van der Waals surface area contributed by atoms with Crippen molar-refractivity contribution in [1.29, 1.82) is 0 Å². The van der Waals surface area contributed by atoms with Gasteiger partial charge in [-0.2, -0.15) is 0 Å². The van der Waals surface area contributed by atoms with E-state index in [9.17, 15) is 4.79 Å². The normalized spacial score (nSPS) is 9.50. The quantitative estimate of drug-likeness (QED) is 0.679. The Morgan fingerprint density at radius 3 is 2.83 bits per heavy atom. The van der Waals surface area contributed by atoms with Crippen molar-refractivity contribution in [3.63, 3.8) is 0 Å². The molecule has 0 fully saturated rings. The van der Waals surface area contributed by atoms with E-state index < -0.39 is 0 Å². The van der Waals surface area contributed by atoms with Crippen LogP contribution >= 0.6 is 0 Å². The molecule has 0 aromatic heterocycles. The smallest absolute Gasteiger partial charge is 0.211 e. The molecule has 0 saturated carbocycles. The minimum Gasteiger partial charge on any atom is -0.328 e. The molecule has 0 aliphatic rings. The average molecular weight is 163 g/mol. The van der Waals surface area contributed by atoms with Crippen LogP contribution in [0.5, 0.6) is 0 Å². The standard InChI is InChI=1S/C10H13NO/c1-3-9-8(2)5-4-6-10(9)11-7-12/h4-7H,3H2,1-2H3,(H,11,12). The van der Waals surface area contributed by atoms with Crippen molar-refractivity contribution >= 4 is 12.1 Å². The molecule has 0 unspecified atom stereocenters. The second-order valence-corrected chi connectivity index (χ2v) is 2.72. The summed E-state index contributed by atoms with van der Waals surface area (Å²) in [4.78, 5) is 10.2. The summed E-state index contributed by atoms with van der Waals surface area (Å²) in [5.74, 6) is 0. The second kappa shape index (κ2) is 3.90. The molecule has 0 heterocycles. The van der Waals surface area contributed by atoms with Gasteiger partial charge in [-0.25, -0.2) is 0 Å². The molecule has 12 heavy (non-hydrogen) atoms. The Morgan fingerprint density at radius 2 is 2.25 bits per heavy atom. The molecule has 0 bridgehead atoms. The third-order valence-electron chi connectivity index (χ3n) is 1.98. The molecule has 0 saturated heterocycles. The number of hydrogen-bond donors (Lipinski definition) is 1. The van der Waals surface area contributed by atoms with Crippen molar-refractivity contribution in [3.05, 3.63) is 29.3 Å². The van der Waals surface area contributed by atoms with E-state index in [-0.39, 0.29) is 0 Å². The fourth-order valence-corrected chi connectivity index (χ4v) is 1.37. The Labute approximate surface area is 72.6 Å². The summed E-state index contributed by atoms with van der Waals surface area (Å²) < 4.78 is 0. The highest BCUT2D eigenvalue weighted by molar-refractivity contribution is 5.74. The molecular weight excluding hydrogens is 150 g/mol. The Balaban J connectivity index is 3.08. The molecule has 0 atom stereocenters. The maximum absolute atomic E-state index is 10.2. The van der Waals surface area contributed by atoms with Crippen LogP contribution < -0.4 is 5.32 Å². The van der Waals surface area contributed by atoms with Crippen molar-refractivity contribution in [3.8, 4) is 0 Å². The molecule has 0 aliphatic carbocycles. The van der Waals surface area contributed by atoms with E-state index in [1.54, 1.807) is 0 Å². The Kier molecular flexibility index (Phi) is 2.86. The van der Waals surface area contributed by atoms with Crippen LogP contribution in [0.15, 0.2) is 18.2 Å². The third kappa shape index (κ3) is 1.64. The summed E-state index contributed by atoms with van der Waals surface area (Å²) in [6.07, 6.45) is 1.66. The van der Waals surface area contributed by atoms with Crippen LogP contribution in [-0.4, -0.2) is 6.41 Å². The van der Waals surface area contributed by atoms with Crippen LogP contribution in [0.4, 0.5) is 5.69 Å². The number of hydrogen-bond acceptors (Lipinski definition) is 1. The van der Waals surface area contributed by atoms with Gasteiger partial charge >= 0.3 is 0 Å². The Morgan fingerprint density at radius 1 is 1.50 bits per heavy atom. The van der Waals surface area contributed by atoms with Crippen molar-refractivity contribution < 1.29 is 4.79 Å². The van der Waals surface area contributed by atoms with Crippen LogP contribution in [0, 0.1) is 6.92 Å². The summed E-state index contributed by atoms with van der Waals surface area (Å²) in [5.41, 5.74) is 3.36. The molecule has 0 radical (unpaired) electrons. The van der Waals surface area contributed by atoms with Gasteiger partial charge in [0.25, 0.3) is 0 Å². The maximum atomic E-state index is 10.2. The molecule has 1 rings (SSSR count). The van der Waals surface area contributed by atoms with Gasteiger partial charge in [-0.05, 0) is 30.5 Å². The predicted molar refractivity (Wildman–Crippen MR) is 50.2 cm³/mol. The highest BCUT2D eigenvalue weighted by Gasteiger charge is 2.00. The van der Waals surface area contributed by atoms with E-state index in [4.69, 9.17) is 0 Å². The largest absolute Gasteiger partial charge is 0.328 e. The summed E-state index contributed by atoms with van der Waals surface area (Å²) >= 11 is 0. The number of benzene rings is 1. The van der Waals surface area contributed by atoms with E-state index in [1.807, 2.05) is 12.1 Å². The molecule has 1 N–H and O–H groups in total. The number of aryl methyl sites for hydroxylation is 1. The molecule has 0 spiro atoms. The van der Waals surface area contributed by atoms with E-state index in [0.29, 0.717) is 6.41 Å². The first-order valence-corrected chi connectivity index (χ1v) is 4.08. The highest BCUT2D eigenvalue weighted by atomic mass is 16.1. The van der Waals surface area contributed by atoms with Gasteiger partial charge in [-0.1, -0.05) is 19.1 Å². The minimum atomic E-state index is 0.716. The third-order valence-corrected chi connectivity index (χ3v) is 1.98. The zero-order valence-corrected chi connectivity index (χ0v) is 7.42. The Bertz CT molecular complexity index is 281. The topological polar surface area (TPSA) is 29.1 Å². The first kappa shape index (κ1) is 8.78. The molecule has 2 heteroatoms. The number of amides is 1. The van der Waals surface area contributed by atoms with Crippen molar-refractivity contribution in [2.75, 3.05) is 5.32 Å². The SMILES string of the molecule is CCc1c(C)cccc1NC=O. The second-order valence-electron chi connectivity index (χ2n) is 2.72. The summed E-state index contributed by atoms with van der Waals surface area (Å²) in [7, 11) is 0.